The van der Waals surface area contributed by atoms with E-state index in [2.05, 4.69) is 22.0 Å². The second-order valence-electron chi connectivity index (χ2n) is 10.3. The summed E-state index contributed by atoms with van der Waals surface area (Å²) in [6.07, 6.45) is 4.02. The van der Waals surface area contributed by atoms with Gasteiger partial charge in [-0.05, 0) is 68.0 Å². The van der Waals surface area contributed by atoms with Crippen molar-refractivity contribution in [1.82, 2.24) is 9.97 Å². The number of nitrogens with zero attached hydrogens (tertiary/aromatic N) is 4. The molecule has 0 amide bonds. The predicted octanol–water partition coefficient (Wildman–Crippen LogP) is 6.02. The number of pyridine rings is 2. The van der Waals surface area contributed by atoms with Crippen molar-refractivity contribution in [2.24, 2.45) is 0 Å². The van der Waals surface area contributed by atoms with Gasteiger partial charge in [-0.15, -0.1) is 0 Å². The zero-order valence-electron chi connectivity index (χ0n) is 21.4. The highest BCUT2D eigenvalue weighted by Crippen LogP contribution is 2.48. The molecule has 0 bridgehead atoms. The highest BCUT2D eigenvalue weighted by Gasteiger charge is 2.31. The van der Waals surface area contributed by atoms with Crippen LogP contribution in [-0.4, -0.2) is 46.3 Å². The number of carboxylic acid groups (broad SMARTS) is 1. The van der Waals surface area contributed by atoms with E-state index in [1.165, 1.54) is 0 Å². The SMILES string of the molecule is CC1CN(c2ccc(-c3cnc4c(-c5ccc(C#N)cc5)cccc4c3C3CC3)c(C(=O)O)n2)CC(C)O1. The van der Waals surface area contributed by atoms with Crippen molar-refractivity contribution >= 4 is 22.7 Å². The number of hydrogen-bond acceptors (Lipinski definition) is 6. The molecule has 3 heterocycles. The van der Waals surface area contributed by atoms with Crippen LogP contribution in [0.2, 0.25) is 0 Å². The maximum absolute atomic E-state index is 12.5. The number of hydrogen-bond donors (Lipinski definition) is 1. The van der Waals surface area contributed by atoms with Crippen LogP contribution in [0.15, 0.2) is 60.8 Å². The molecule has 4 aromatic rings. The van der Waals surface area contributed by atoms with Crippen LogP contribution in [0.25, 0.3) is 33.2 Å². The summed E-state index contributed by atoms with van der Waals surface area (Å²) < 4.78 is 5.84. The first-order chi connectivity index (χ1) is 18.4. The largest absolute Gasteiger partial charge is 0.476 e. The summed E-state index contributed by atoms with van der Waals surface area (Å²) in [6.45, 7) is 5.37. The van der Waals surface area contributed by atoms with E-state index in [0.29, 0.717) is 36.0 Å². The second kappa shape index (κ2) is 9.55. The Morgan fingerprint density at radius 3 is 2.39 bits per heavy atom. The number of aromatic carboxylic acids is 1. The van der Waals surface area contributed by atoms with Crippen LogP contribution in [0.3, 0.4) is 0 Å². The molecule has 2 aromatic heterocycles. The van der Waals surface area contributed by atoms with Gasteiger partial charge in [-0.3, -0.25) is 4.98 Å². The molecule has 1 saturated heterocycles. The summed E-state index contributed by atoms with van der Waals surface area (Å²) in [4.78, 5) is 24.1. The Kier molecular flexibility index (Phi) is 6.05. The van der Waals surface area contributed by atoms with E-state index in [0.717, 1.165) is 46.0 Å². The van der Waals surface area contributed by atoms with Gasteiger partial charge in [0, 0.05) is 41.4 Å². The van der Waals surface area contributed by atoms with Crippen LogP contribution >= 0.6 is 0 Å². The summed E-state index contributed by atoms with van der Waals surface area (Å²) in [5, 5.41) is 20.4. The minimum atomic E-state index is -1.05. The number of para-hydroxylation sites is 1. The Balaban J connectivity index is 1.48. The number of anilines is 1. The number of fused-ring (bicyclic) bond motifs is 1. The molecule has 2 fully saturated rings. The van der Waals surface area contributed by atoms with Gasteiger partial charge >= 0.3 is 5.97 Å². The Labute approximate surface area is 221 Å². The molecule has 7 nitrogen and oxygen atoms in total. The first-order valence-corrected chi connectivity index (χ1v) is 13.0. The number of benzene rings is 2. The molecule has 7 heteroatoms. The van der Waals surface area contributed by atoms with E-state index in [-0.39, 0.29) is 17.9 Å². The lowest BCUT2D eigenvalue weighted by molar-refractivity contribution is -0.00546. The van der Waals surface area contributed by atoms with Crippen LogP contribution in [0, 0.1) is 11.3 Å². The molecule has 1 N–H and O–H groups in total. The van der Waals surface area contributed by atoms with Crippen molar-refractivity contribution in [1.29, 1.82) is 5.26 Å². The van der Waals surface area contributed by atoms with Crippen molar-refractivity contribution < 1.29 is 14.6 Å². The number of carbonyl (C=O) groups is 1. The normalized spacial score (nSPS) is 19.3. The van der Waals surface area contributed by atoms with Crippen LogP contribution in [-0.2, 0) is 4.74 Å². The Bertz CT molecular complexity index is 1580. The number of carboxylic acids is 1. The van der Waals surface area contributed by atoms with E-state index in [1.807, 2.05) is 68.6 Å². The van der Waals surface area contributed by atoms with Gasteiger partial charge in [0.05, 0.1) is 29.4 Å². The molecule has 1 saturated carbocycles. The standard InChI is InChI=1S/C31H28N4O3/c1-18-16-35(17-19(2)38-18)27-13-12-24(30(34-27)31(36)37)26-15-33-29-23(21-8-6-20(14-32)7-9-21)4-3-5-25(29)28(26)22-10-11-22/h3-9,12-13,15,18-19,22H,10-11,16-17H2,1-2H3,(H,36,37). The van der Waals surface area contributed by atoms with Gasteiger partial charge in [-0.2, -0.15) is 5.26 Å². The van der Waals surface area contributed by atoms with Crippen molar-refractivity contribution in [3.05, 3.63) is 77.6 Å². The summed E-state index contributed by atoms with van der Waals surface area (Å²) in [6, 6.07) is 19.6. The average molecular weight is 505 g/mol. The minimum absolute atomic E-state index is 0.0422. The lowest BCUT2D eigenvalue weighted by atomic mass is 9.91. The van der Waals surface area contributed by atoms with Crippen LogP contribution in [0.4, 0.5) is 5.82 Å². The van der Waals surface area contributed by atoms with Gasteiger partial charge in [0.25, 0.3) is 0 Å². The minimum Gasteiger partial charge on any atom is -0.476 e. The fraction of sp³-hybridized carbons (Fsp3) is 0.290. The zero-order valence-corrected chi connectivity index (χ0v) is 21.4. The number of ether oxygens (including phenoxy) is 1. The predicted molar refractivity (Wildman–Crippen MR) is 146 cm³/mol. The van der Waals surface area contributed by atoms with Crippen molar-refractivity contribution in [3.63, 3.8) is 0 Å². The molecule has 0 spiro atoms. The van der Waals surface area contributed by atoms with Crippen molar-refractivity contribution in [3.8, 4) is 28.3 Å². The number of morpholine rings is 1. The quantitative estimate of drug-likeness (QED) is 0.354. The first kappa shape index (κ1) is 24.1. The second-order valence-corrected chi connectivity index (χ2v) is 10.3. The molecule has 2 unspecified atom stereocenters. The monoisotopic (exact) mass is 504 g/mol. The number of aromatic nitrogens is 2. The summed E-state index contributed by atoms with van der Waals surface area (Å²) in [5.41, 5.74) is 6.07. The lowest BCUT2D eigenvalue weighted by Crippen LogP contribution is -2.46. The lowest BCUT2D eigenvalue weighted by Gasteiger charge is -2.36. The highest BCUT2D eigenvalue weighted by molar-refractivity contribution is 6.01. The molecular formula is C31H28N4O3. The van der Waals surface area contributed by atoms with E-state index >= 15 is 0 Å². The van der Waals surface area contributed by atoms with E-state index < -0.39 is 5.97 Å². The fourth-order valence-corrected chi connectivity index (χ4v) is 5.60. The summed E-state index contributed by atoms with van der Waals surface area (Å²) in [5.74, 6) is -0.0451. The zero-order chi connectivity index (χ0) is 26.4. The molecule has 0 radical (unpaired) electrons. The van der Waals surface area contributed by atoms with Gasteiger partial charge in [0.1, 0.15) is 5.82 Å². The topological polar surface area (TPSA) is 99.3 Å². The van der Waals surface area contributed by atoms with E-state index in [4.69, 9.17) is 9.72 Å². The average Bonchev–Trinajstić information content (AvgIpc) is 3.76. The molecule has 190 valence electrons. The third-order valence-electron chi connectivity index (χ3n) is 7.37. The van der Waals surface area contributed by atoms with Crippen molar-refractivity contribution in [2.45, 2.75) is 44.8 Å². The highest BCUT2D eigenvalue weighted by atomic mass is 16.5. The van der Waals surface area contributed by atoms with E-state index in [9.17, 15) is 15.2 Å². The molecule has 1 aliphatic carbocycles. The summed E-state index contributed by atoms with van der Waals surface area (Å²) >= 11 is 0. The Hall–Kier alpha value is -4.28. The first-order valence-electron chi connectivity index (χ1n) is 13.0. The fourth-order valence-electron chi connectivity index (χ4n) is 5.60. The van der Waals surface area contributed by atoms with Gasteiger partial charge in [0.15, 0.2) is 5.69 Å². The smallest absolute Gasteiger partial charge is 0.355 e. The van der Waals surface area contributed by atoms with Gasteiger partial charge in [0.2, 0.25) is 0 Å². The molecule has 2 aromatic carbocycles. The Morgan fingerprint density at radius 2 is 1.74 bits per heavy atom. The number of nitriles is 1. The maximum atomic E-state index is 12.5. The van der Waals surface area contributed by atoms with Crippen LogP contribution in [0.5, 0.6) is 0 Å². The summed E-state index contributed by atoms with van der Waals surface area (Å²) in [7, 11) is 0. The Morgan fingerprint density at radius 1 is 1.00 bits per heavy atom. The molecule has 2 atom stereocenters. The molecule has 6 rings (SSSR count). The van der Waals surface area contributed by atoms with Crippen LogP contribution in [0.1, 0.15) is 54.2 Å². The third-order valence-corrected chi connectivity index (χ3v) is 7.37. The molecular weight excluding hydrogens is 476 g/mol. The van der Waals surface area contributed by atoms with Gasteiger partial charge in [-0.1, -0.05) is 30.3 Å². The van der Waals surface area contributed by atoms with Crippen LogP contribution < -0.4 is 4.90 Å². The third kappa shape index (κ3) is 4.37. The molecule has 1 aliphatic heterocycles. The van der Waals surface area contributed by atoms with Gasteiger partial charge < -0.3 is 14.7 Å². The number of rotatable bonds is 5. The van der Waals surface area contributed by atoms with E-state index in [1.54, 1.807) is 0 Å². The van der Waals surface area contributed by atoms with Gasteiger partial charge in [-0.25, -0.2) is 9.78 Å². The molecule has 38 heavy (non-hydrogen) atoms. The van der Waals surface area contributed by atoms with Crippen molar-refractivity contribution in [2.75, 3.05) is 18.0 Å². The molecule has 2 aliphatic rings. The maximum Gasteiger partial charge on any atom is 0.355 e.